The lowest BCUT2D eigenvalue weighted by molar-refractivity contribution is -0.133. The van der Waals surface area contributed by atoms with Gasteiger partial charge in [0.05, 0.1) is 12.4 Å². The van der Waals surface area contributed by atoms with Crippen LogP contribution in [0.1, 0.15) is 20.8 Å². The van der Waals surface area contributed by atoms with Crippen molar-refractivity contribution in [2.75, 3.05) is 12.4 Å². The van der Waals surface area contributed by atoms with Crippen LogP contribution in [-0.4, -0.2) is 28.9 Å². The third-order valence-corrected chi connectivity index (χ3v) is 2.12. The summed E-state index contributed by atoms with van der Waals surface area (Å²) in [4.78, 5) is 10.2. The van der Waals surface area contributed by atoms with E-state index in [9.17, 15) is 4.79 Å². The van der Waals surface area contributed by atoms with Gasteiger partial charge in [0.25, 0.3) is 0 Å². The number of hydrogen-bond donors (Lipinski definition) is 1. The molecular weight excluding hydrogens is 176 g/mol. The highest BCUT2D eigenvalue weighted by Crippen LogP contribution is 2.12. The number of rotatable bonds is 6. The fraction of sp³-hybridized carbons (Fsp3) is 0.875. The van der Waals surface area contributed by atoms with Gasteiger partial charge in [-0.05, 0) is 12.8 Å². The van der Waals surface area contributed by atoms with Crippen LogP contribution in [0.4, 0.5) is 0 Å². The normalized spacial score (nSPS) is 13.3. The Balaban J connectivity index is 3.33. The number of thioether (sulfide) groups is 1. The Bertz CT molecular complexity index is 136. The third kappa shape index (κ3) is 7.88. The van der Waals surface area contributed by atoms with Gasteiger partial charge < -0.3 is 9.84 Å². The summed E-state index contributed by atoms with van der Waals surface area (Å²) < 4.78 is 5.35. The fourth-order valence-corrected chi connectivity index (χ4v) is 1.12. The lowest BCUT2D eigenvalue weighted by Crippen LogP contribution is -2.11. The van der Waals surface area contributed by atoms with Gasteiger partial charge in [-0.15, -0.1) is 11.8 Å². The maximum Gasteiger partial charge on any atom is 0.313 e. The molecule has 3 nitrogen and oxygen atoms in total. The number of hydrogen-bond acceptors (Lipinski definition) is 3. The van der Waals surface area contributed by atoms with E-state index < -0.39 is 5.97 Å². The standard InChI is InChI=1S/C8H16O3S/c1-6(2)4-11-7(3)12-5-8(9)10/h6-7H,4-5H2,1-3H3,(H,9,10). The summed E-state index contributed by atoms with van der Waals surface area (Å²) >= 11 is 1.30. The van der Waals surface area contributed by atoms with Crippen LogP contribution < -0.4 is 0 Å². The summed E-state index contributed by atoms with van der Waals surface area (Å²) in [5.41, 5.74) is -0.0245. The average molecular weight is 192 g/mol. The Kier molecular flexibility index (Phi) is 6.20. The first kappa shape index (κ1) is 11.8. The van der Waals surface area contributed by atoms with Crippen LogP contribution in [-0.2, 0) is 9.53 Å². The molecule has 0 aromatic rings. The molecule has 0 aromatic carbocycles. The van der Waals surface area contributed by atoms with Crippen molar-refractivity contribution < 1.29 is 14.6 Å². The molecule has 0 aliphatic heterocycles. The molecule has 0 heterocycles. The Morgan fingerprint density at radius 3 is 2.50 bits per heavy atom. The van der Waals surface area contributed by atoms with Crippen LogP contribution in [0.15, 0.2) is 0 Å². The van der Waals surface area contributed by atoms with Gasteiger partial charge in [0.1, 0.15) is 5.44 Å². The highest BCUT2D eigenvalue weighted by Gasteiger charge is 2.06. The molecule has 1 N–H and O–H groups in total. The third-order valence-electron chi connectivity index (χ3n) is 1.11. The molecule has 72 valence electrons. The Hall–Kier alpha value is -0.220. The molecule has 4 heteroatoms. The molecule has 0 saturated heterocycles. The second kappa shape index (κ2) is 6.31. The van der Waals surface area contributed by atoms with Crippen molar-refractivity contribution in [3.63, 3.8) is 0 Å². The van der Waals surface area contributed by atoms with Gasteiger partial charge in [0.15, 0.2) is 0 Å². The molecule has 0 aliphatic rings. The smallest absolute Gasteiger partial charge is 0.313 e. The minimum absolute atomic E-state index is 0.0245. The molecule has 0 amide bonds. The molecule has 12 heavy (non-hydrogen) atoms. The van der Waals surface area contributed by atoms with Gasteiger partial charge in [0, 0.05) is 0 Å². The van der Waals surface area contributed by atoms with E-state index >= 15 is 0 Å². The van der Waals surface area contributed by atoms with Gasteiger partial charge in [-0.2, -0.15) is 0 Å². The maximum absolute atomic E-state index is 10.2. The van der Waals surface area contributed by atoms with E-state index in [2.05, 4.69) is 13.8 Å². The molecule has 1 atom stereocenters. The SMILES string of the molecule is CC(C)COC(C)SCC(=O)O. The molecule has 0 spiro atoms. The predicted molar refractivity (Wildman–Crippen MR) is 50.3 cm³/mol. The van der Waals surface area contributed by atoms with Gasteiger partial charge in [-0.3, -0.25) is 4.79 Å². The average Bonchev–Trinajstić information content (AvgIpc) is 1.96. The van der Waals surface area contributed by atoms with Crippen LogP contribution in [0.5, 0.6) is 0 Å². The van der Waals surface area contributed by atoms with Crippen molar-refractivity contribution in [2.24, 2.45) is 5.92 Å². The van der Waals surface area contributed by atoms with Crippen LogP contribution in [0.2, 0.25) is 0 Å². The summed E-state index contributed by atoms with van der Waals surface area (Å²) in [5.74, 6) is -0.183. The zero-order valence-electron chi connectivity index (χ0n) is 7.74. The Morgan fingerprint density at radius 1 is 1.50 bits per heavy atom. The zero-order chi connectivity index (χ0) is 9.56. The number of carboxylic acids is 1. The lowest BCUT2D eigenvalue weighted by Gasteiger charge is -2.12. The molecule has 0 saturated carbocycles. The van der Waals surface area contributed by atoms with Crippen molar-refractivity contribution in [3.8, 4) is 0 Å². The van der Waals surface area contributed by atoms with Gasteiger partial charge in [-0.25, -0.2) is 0 Å². The maximum atomic E-state index is 10.2. The van der Waals surface area contributed by atoms with E-state index in [0.717, 1.165) is 0 Å². The summed E-state index contributed by atoms with van der Waals surface area (Å²) in [6.07, 6.45) is 0. The first-order chi connectivity index (χ1) is 5.52. The highest BCUT2D eigenvalue weighted by molar-refractivity contribution is 8.00. The van der Waals surface area contributed by atoms with Crippen molar-refractivity contribution in [2.45, 2.75) is 26.2 Å². The van der Waals surface area contributed by atoms with Crippen molar-refractivity contribution in [1.82, 2.24) is 0 Å². The predicted octanol–water partition coefficient (Wildman–Crippen LogP) is 1.82. The quantitative estimate of drug-likeness (QED) is 0.652. The number of ether oxygens (including phenoxy) is 1. The van der Waals surface area contributed by atoms with Crippen LogP contribution in [0.25, 0.3) is 0 Å². The van der Waals surface area contributed by atoms with Crippen LogP contribution in [0, 0.1) is 5.92 Å². The summed E-state index contributed by atoms with van der Waals surface area (Å²) in [5, 5.41) is 8.36. The molecular formula is C8H16O3S. The van der Waals surface area contributed by atoms with Gasteiger partial charge in [0.2, 0.25) is 0 Å². The monoisotopic (exact) mass is 192 g/mol. The minimum Gasteiger partial charge on any atom is -0.481 e. The zero-order valence-corrected chi connectivity index (χ0v) is 8.56. The van der Waals surface area contributed by atoms with Gasteiger partial charge in [-0.1, -0.05) is 13.8 Å². The Labute approximate surface area is 77.5 Å². The van der Waals surface area contributed by atoms with Crippen LogP contribution >= 0.6 is 11.8 Å². The summed E-state index contributed by atoms with van der Waals surface area (Å²) in [6, 6.07) is 0. The Morgan fingerprint density at radius 2 is 2.08 bits per heavy atom. The largest absolute Gasteiger partial charge is 0.481 e. The molecule has 0 aliphatic carbocycles. The van der Waals surface area contributed by atoms with E-state index in [4.69, 9.17) is 9.84 Å². The van der Waals surface area contributed by atoms with Crippen LogP contribution in [0.3, 0.4) is 0 Å². The minimum atomic E-state index is -0.792. The topological polar surface area (TPSA) is 46.5 Å². The molecule has 1 unspecified atom stereocenters. The second-order valence-electron chi connectivity index (χ2n) is 3.00. The first-order valence-electron chi connectivity index (χ1n) is 3.97. The summed E-state index contributed by atoms with van der Waals surface area (Å²) in [7, 11) is 0. The molecule has 0 rings (SSSR count). The van der Waals surface area contributed by atoms with Crippen molar-refractivity contribution in [3.05, 3.63) is 0 Å². The first-order valence-corrected chi connectivity index (χ1v) is 5.02. The van der Waals surface area contributed by atoms with Crippen molar-refractivity contribution in [1.29, 1.82) is 0 Å². The highest BCUT2D eigenvalue weighted by atomic mass is 32.2. The molecule has 0 aromatic heterocycles. The lowest BCUT2D eigenvalue weighted by atomic mass is 10.2. The number of aliphatic carboxylic acids is 1. The summed E-state index contributed by atoms with van der Waals surface area (Å²) in [6.45, 7) is 6.69. The molecule has 0 fully saturated rings. The number of carbonyl (C=O) groups is 1. The van der Waals surface area contributed by atoms with E-state index in [-0.39, 0.29) is 11.2 Å². The number of carboxylic acid groups (broad SMARTS) is 1. The van der Waals surface area contributed by atoms with E-state index in [1.54, 1.807) is 0 Å². The second-order valence-corrected chi connectivity index (χ2v) is 4.29. The fourth-order valence-electron chi connectivity index (χ4n) is 0.565. The van der Waals surface area contributed by atoms with E-state index in [1.807, 2.05) is 6.92 Å². The van der Waals surface area contributed by atoms with E-state index in [0.29, 0.717) is 12.5 Å². The molecule has 0 radical (unpaired) electrons. The molecule has 0 bridgehead atoms. The van der Waals surface area contributed by atoms with E-state index in [1.165, 1.54) is 11.8 Å². The van der Waals surface area contributed by atoms with Crippen molar-refractivity contribution >= 4 is 17.7 Å². The van der Waals surface area contributed by atoms with Gasteiger partial charge >= 0.3 is 5.97 Å².